The molecule has 4 fully saturated rings. The van der Waals surface area contributed by atoms with Gasteiger partial charge in [-0.15, -0.1) is 10.2 Å². The van der Waals surface area contributed by atoms with Gasteiger partial charge in [0.05, 0.1) is 5.75 Å². The minimum Gasteiger partial charge on any atom is -0.350 e. The third-order valence-electron chi connectivity index (χ3n) is 5.59. The predicted octanol–water partition coefficient (Wildman–Crippen LogP) is 4.22. The maximum Gasteiger partial charge on any atom is 0.230 e. The van der Waals surface area contributed by atoms with E-state index >= 15 is 0 Å². The summed E-state index contributed by atoms with van der Waals surface area (Å²) in [6.45, 7) is 2.17. The maximum atomic E-state index is 12.5. The van der Waals surface area contributed by atoms with Gasteiger partial charge < -0.3 is 5.32 Å². The molecule has 0 unspecified atom stereocenters. The molecular formula is C17H25N3OS3. The van der Waals surface area contributed by atoms with Gasteiger partial charge in [0.1, 0.15) is 0 Å². The maximum absolute atomic E-state index is 12.5. The number of rotatable bonds is 7. The van der Waals surface area contributed by atoms with Crippen LogP contribution in [0.2, 0.25) is 0 Å². The summed E-state index contributed by atoms with van der Waals surface area (Å²) in [6.07, 6.45) is 9.01. The van der Waals surface area contributed by atoms with Crippen LogP contribution in [0.5, 0.6) is 0 Å². The van der Waals surface area contributed by atoms with Crippen LogP contribution in [-0.2, 0) is 4.79 Å². The zero-order valence-electron chi connectivity index (χ0n) is 14.1. The molecule has 4 aliphatic rings. The van der Waals surface area contributed by atoms with Crippen molar-refractivity contribution in [2.24, 2.45) is 17.8 Å². The van der Waals surface area contributed by atoms with Crippen molar-refractivity contribution in [2.75, 3.05) is 11.5 Å². The Morgan fingerprint density at radius 3 is 2.29 bits per heavy atom. The Kier molecular flexibility index (Phi) is 5.12. The molecule has 1 amide bonds. The molecule has 1 aromatic heterocycles. The van der Waals surface area contributed by atoms with Crippen molar-refractivity contribution in [3.05, 3.63) is 0 Å². The van der Waals surface area contributed by atoms with Crippen LogP contribution in [0.15, 0.2) is 8.68 Å². The number of carbonyl (C=O) groups is 1. The summed E-state index contributed by atoms with van der Waals surface area (Å²) in [4.78, 5) is 12.5. The number of hydrogen-bond acceptors (Lipinski definition) is 6. The summed E-state index contributed by atoms with van der Waals surface area (Å²) < 4.78 is 1.93. The van der Waals surface area contributed by atoms with Crippen LogP contribution >= 0.6 is 34.9 Å². The molecule has 7 heteroatoms. The standard InChI is InChI=1S/C17H25N3OS3/c1-2-3-22-15-19-20-16(24-15)23-10-14(21)18-17-7-11-4-12(8-17)6-13(5-11)9-17/h11-13H,2-10H2,1H3,(H,18,21). The smallest absolute Gasteiger partial charge is 0.230 e. The molecule has 24 heavy (non-hydrogen) atoms. The Balaban J connectivity index is 1.28. The van der Waals surface area contributed by atoms with E-state index in [1.54, 1.807) is 23.1 Å². The molecule has 4 saturated carbocycles. The molecule has 1 aromatic rings. The van der Waals surface area contributed by atoms with E-state index in [1.165, 1.54) is 50.3 Å². The lowest BCUT2D eigenvalue weighted by Crippen LogP contribution is -2.60. The van der Waals surface area contributed by atoms with E-state index in [2.05, 4.69) is 22.4 Å². The van der Waals surface area contributed by atoms with E-state index in [0.29, 0.717) is 5.75 Å². The van der Waals surface area contributed by atoms with Crippen LogP contribution in [0.3, 0.4) is 0 Å². The van der Waals surface area contributed by atoms with E-state index in [4.69, 9.17) is 0 Å². The number of nitrogens with one attached hydrogen (secondary N) is 1. The molecule has 0 spiro atoms. The molecule has 1 heterocycles. The van der Waals surface area contributed by atoms with E-state index in [9.17, 15) is 4.79 Å². The highest BCUT2D eigenvalue weighted by molar-refractivity contribution is 8.03. The van der Waals surface area contributed by atoms with Crippen LogP contribution in [-0.4, -0.2) is 33.1 Å². The zero-order valence-corrected chi connectivity index (χ0v) is 16.6. The van der Waals surface area contributed by atoms with Gasteiger partial charge >= 0.3 is 0 Å². The minimum absolute atomic E-state index is 0.121. The van der Waals surface area contributed by atoms with Crippen molar-refractivity contribution in [3.63, 3.8) is 0 Å². The van der Waals surface area contributed by atoms with Crippen LogP contribution < -0.4 is 5.32 Å². The average Bonchev–Trinajstić information content (AvgIpc) is 2.97. The third kappa shape index (κ3) is 3.78. The van der Waals surface area contributed by atoms with E-state index in [-0.39, 0.29) is 11.4 Å². The van der Waals surface area contributed by atoms with Gasteiger partial charge in [-0.2, -0.15) is 0 Å². The molecule has 0 saturated heterocycles. The third-order valence-corrected chi connectivity index (χ3v) is 8.98. The summed E-state index contributed by atoms with van der Waals surface area (Å²) in [6, 6.07) is 0. The SMILES string of the molecule is CCCSc1nnc(SCC(=O)NC23CC4CC(CC(C4)C2)C3)s1. The van der Waals surface area contributed by atoms with Crippen LogP contribution in [0.1, 0.15) is 51.9 Å². The van der Waals surface area contributed by atoms with E-state index in [1.807, 2.05) is 0 Å². The average molecular weight is 384 g/mol. The van der Waals surface area contributed by atoms with Gasteiger partial charge in [-0.3, -0.25) is 4.79 Å². The summed E-state index contributed by atoms with van der Waals surface area (Å²) in [5.41, 5.74) is 0.121. The predicted molar refractivity (Wildman–Crippen MR) is 101 cm³/mol. The number of nitrogens with zero attached hydrogens (tertiary/aromatic N) is 2. The first-order valence-corrected chi connectivity index (χ1v) is 11.8. The van der Waals surface area contributed by atoms with Crippen molar-refractivity contribution < 1.29 is 4.79 Å². The highest BCUT2D eigenvalue weighted by Gasteiger charge is 2.51. The van der Waals surface area contributed by atoms with Crippen molar-refractivity contribution in [1.82, 2.24) is 15.5 Å². The Morgan fingerprint density at radius 2 is 1.71 bits per heavy atom. The van der Waals surface area contributed by atoms with E-state index < -0.39 is 0 Å². The number of amides is 1. The largest absolute Gasteiger partial charge is 0.350 e. The molecule has 0 aliphatic heterocycles. The molecule has 0 aromatic carbocycles. The summed E-state index contributed by atoms with van der Waals surface area (Å²) in [5.74, 6) is 4.32. The van der Waals surface area contributed by atoms with Crippen LogP contribution in [0, 0.1) is 17.8 Å². The summed E-state index contributed by atoms with van der Waals surface area (Å²) in [7, 11) is 0. The molecular weight excluding hydrogens is 358 g/mol. The Labute approximate surface area is 156 Å². The van der Waals surface area contributed by atoms with Gasteiger partial charge in [0.15, 0.2) is 8.68 Å². The van der Waals surface area contributed by atoms with Gasteiger partial charge in [0.25, 0.3) is 0 Å². The van der Waals surface area contributed by atoms with Crippen LogP contribution in [0.4, 0.5) is 0 Å². The Hall–Kier alpha value is -0.270. The summed E-state index contributed by atoms with van der Waals surface area (Å²) in [5, 5.41) is 11.8. The van der Waals surface area contributed by atoms with Gasteiger partial charge in [0, 0.05) is 11.3 Å². The van der Waals surface area contributed by atoms with Crippen LogP contribution in [0.25, 0.3) is 0 Å². The highest BCUT2D eigenvalue weighted by Crippen LogP contribution is 2.55. The zero-order chi connectivity index (χ0) is 16.6. The van der Waals surface area contributed by atoms with Crippen molar-refractivity contribution in [1.29, 1.82) is 0 Å². The second kappa shape index (κ2) is 7.16. The van der Waals surface area contributed by atoms with Gasteiger partial charge in [-0.1, -0.05) is 41.8 Å². The Morgan fingerprint density at radius 1 is 1.12 bits per heavy atom. The lowest BCUT2D eigenvalue weighted by molar-refractivity contribution is -0.124. The van der Waals surface area contributed by atoms with Crippen molar-refractivity contribution in [3.8, 4) is 0 Å². The number of aromatic nitrogens is 2. The molecule has 4 nitrogen and oxygen atoms in total. The van der Waals surface area contributed by atoms with Gasteiger partial charge in [0.2, 0.25) is 5.91 Å². The minimum atomic E-state index is 0.121. The lowest BCUT2D eigenvalue weighted by Gasteiger charge is -2.56. The fraction of sp³-hybridized carbons (Fsp3) is 0.824. The fourth-order valence-electron chi connectivity index (χ4n) is 5.23. The molecule has 132 valence electrons. The quantitative estimate of drug-likeness (QED) is 0.715. The monoisotopic (exact) mass is 383 g/mol. The summed E-state index contributed by atoms with van der Waals surface area (Å²) >= 11 is 4.89. The second-order valence-corrected chi connectivity index (χ2v) is 11.3. The van der Waals surface area contributed by atoms with Crippen molar-refractivity contribution in [2.45, 2.75) is 66.1 Å². The van der Waals surface area contributed by atoms with E-state index in [0.717, 1.165) is 38.6 Å². The molecule has 4 bridgehead atoms. The number of thioether (sulfide) groups is 2. The normalized spacial score (nSPS) is 33.8. The molecule has 4 aliphatic carbocycles. The Bertz CT molecular complexity index is 568. The molecule has 1 N–H and O–H groups in total. The molecule has 0 atom stereocenters. The first-order valence-electron chi connectivity index (χ1n) is 9.04. The second-order valence-electron chi connectivity index (χ2n) is 7.72. The first kappa shape index (κ1) is 17.2. The van der Waals surface area contributed by atoms with Gasteiger partial charge in [-0.05, 0) is 62.7 Å². The lowest BCUT2D eigenvalue weighted by atomic mass is 9.53. The first-order chi connectivity index (χ1) is 11.6. The highest BCUT2D eigenvalue weighted by atomic mass is 32.2. The molecule has 0 radical (unpaired) electrons. The number of carbonyl (C=O) groups excluding carboxylic acids is 1. The fourth-order valence-corrected chi connectivity index (χ4v) is 7.97. The van der Waals surface area contributed by atoms with Gasteiger partial charge in [-0.25, -0.2) is 0 Å². The molecule has 5 rings (SSSR count). The topological polar surface area (TPSA) is 54.9 Å². The number of hydrogen-bond donors (Lipinski definition) is 1. The van der Waals surface area contributed by atoms with Crippen molar-refractivity contribution >= 4 is 40.8 Å².